The van der Waals surface area contributed by atoms with Crippen molar-refractivity contribution in [2.45, 2.75) is 20.0 Å². The van der Waals surface area contributed by atoms with Gasteiger partial charge in [-0.1, -0.05) is 18.2 Å². The van der Waals surface area contributed by atoms with E-state index in [-0.39, 0.29) is 5.91 Å². The van der Waals surface area contributed by atoms with E-state index in [1.165, 1.54) is 0 Å². The van der Waals surface area contributed by atoms with Gasteiger partial charge < -0.3 is 20.5 Å². The van der Waals surface area contributed by atoms with Crippen molar-refractivity contribution >= 4 is 5.91 Å². The van der Waals surface area contributed by atoms with Crippen LogP contribution in [0.15, 0.2) is 42.5 Å². The van der Waals surface area contributed by atoms with Crippen LogP contribution in [0.2, 0.25) is 0 Å². The number of hydrogen-bond acceptors (Lipinski definition) is 4. The maximum atomic E-state index is 12.1. The summed E-state index contributed by atoms with van der Waals surface area (Å²) >= 11 is 0. The summed E-state index contributed by atoms with van der Waals surface area (Å²) in [4.78, 5) is 12.1. The summed E-state index contributed by atoms with van der Waals surface area (Å²) in [6.07, 6.45) is 0. The molecule has 5 nitrogen and oxygen atoms in total. The molecule has 122 valence electrons. The Morgan fingerprint density at radius 1 is 1.09 bits per heavy atom. The van der Waals surface area contributed by atoms with Crippen LogP contribution in [-0.2, 0) is 13.1 Å². The molecular weight excluding hydrogens is 292 g/mol. The minimum Gasteiger partial charge on any atom is -0.493 e. The predicted octanol–water partition coefficient (Wildman–Crippen LogP) is 2.48. The van der Waals surface area contributed by atoms with Crippen LogP contribution in [0.4, 0.5) is 0 Å². The molecule has 0 spiro atoms. The van der Waals surface area contributed by atoms with Crippen molar-refractivity contribution in [1.82, 2.24) is 5.32 Å². The van der Waals surface area contributed by atoms with E-state index >= 15 is 0 Å². The van der Waals surface area contributed by atoms with Crippen molar-refractivity contribution in [2.24, 2.45) is 5.73 Å². The summed E-state index contributed by atoms with van der Waals surface area (Å²) in [6, 6.07) is 12.9. The lowest BCUT2D eigenvalue weighted by molar-refractivity contribution is 0.0951. The molecule has 5 heteroatoms. The lowest BCUT2D eigenvalue weighted by Crippen LogP contribution is -2.22. The molecule has 0 heterocycles. The molecule has 2 rings (SSSR count). The Hall–Kier alpha value is -2.53. The zero-order chi connectivity index (χ0) is 16.7. The van der Waals surface area contributed by atoms with E-state index in [0.717, 1.165) is 11.1 Å². The molecule has 0 aliphatic rings. The topological polar surface area (TPSA) is 73.6 Å². The van der Waals surface area contributed by atoms with Crippen molar-refractivity contribution < 1.29 is 14.3 Å². The quantitative estimate of drug-likeness (QED) is 0.823. The Balaban J connectivity index is 2.00. The van der Waals surface area contributed by atoms with Crippen molar-refractivity contribution in [3.05, 3.63) is 59.2 Å². The molecule has 3 N–H and O–H groups in total. The van der Waals surface area contributed by atoms with Crippen molar-refractivity contribution in [1.29, 1.82) is 0 Å². The molecule has 0 atom stereocenters. The van der Waals surface area contributed by atoms with E-state index in [1.807, 2.05) is 37.3 Å². The molecule has 0 unspecified atom stereocenters. The maximum absolute atomic E-state index is 12.1. The van der Waals surface area contributed by atoms with Crippen LogP contribution in [0.25, 0.3) is 0 Å². The van der Waals surface area contributed by atoms with Crippen LogP contribution in [0, 0.1) is 0 Å². The van der Waals surface area contributed by atoms with Crippen LogP contribution < -0.4 is 20.5 Å². The van der Waals surface area contributed by atoms with Gasteiger partial charge in [0.2, 0.25) is 0 Å². The molecule has 2 aromatic rings. The first-order valence-corrected chi connectivity index (χ1v) is 7.54. The Kier molecular flexibility index (Phi) is 6.00. The number of nitrogens with two attached hydrogens (primary N) is 1. The summed E-state index contributed by atoms with van der Waals surface area (Å²) < 4.78 is 10.8. The van der Waals surface area contributed by atoms with Gasteiger partial charge in [-0.15, -0.1) is 0 Å². The standard InChI is InChI=1S/C18H22N2O3/c1-3-23-16-9-6-14(10-17(16)22-2)12-20-18(21)15-7-4-13(11-19)5-8-15/h4-10H,3,11-12,19H2,1-2H3,(H,20,21). The summed E-state index contributed by atoms with van der Waals surface area (Å²) in [7, 11) is 1.60. The van der Waals surface area contributed by atoms with E-state index in [1.54, 1.807) is 19.2 Å². The molecule has 0 bridgehead atoms. The second-order valence-corrected chi connectivity index (χ2v) is 5.00. The van der Waals surface area contributed by atoms with Crippen LogP contribution >= 0.6 is 0 Å². The van der Waals surface area contributed by atoms with E-state index in [0.29, 0.717) is 36.8 Å². The zero-order valence-corrected chi connectivity index (χ0v) is 13.5. The number of nitrogens with one attached hydrogen (secondary N) is 1. The van der Waals surface area contributed by atoms with Gasteiger partial charge >= 0.3 is 0 Å². The summed E-state index contributed by atoms with van der Waals surface area (Å²) in [5.41, 5.74) is 8.10. The van der Waals surface area contributed by atoms with Gasteiger partial charge in [-0.2, -0.15) is 0 Å². The molecule has 0 radical (unpaired) electrons. The average Bonchev–Trinajstić information content (AvgIpc) is 2.60. The lowest BCUT2D eigenvalue weighted by atomic mass is 10.1. The van der Waals surface area contributed by atoms with E-state index < -0.39 is 0 Å². The highest BCUT2D eigenvalue weighted by Gasteiger charge is 2.08. The minimum absolute atomic E-state index is 0.124. The number of carbonyl (C=O) groups is 1. The number of ether oxygens (including phenoxy) is 2. The van der Waals surface area contributed by atoms with E-state index in [4.69, 9.17) is 15.2 Å². The molecule has 0 saturated heterocycles. The second-order valence-electron chi connectivity index (χ2n) is 5.00. The summed E-state index contributed by atoms with van der Waals surface area (Å²) in [5.74, 6) is 1.23. The molecule has 23 heavy (non-hydrogen) atoms. The fourth-order valence-electron chi connectivity index (χ4n) is 2.17. The molecule has 0 saturated carbocycles. The molecule has 0 aliphatic heterocycles. The number of hydrogen-bond donors (Lipinski definition) is 2. The van der Waals surface area contributed by atoms with Crippen LogP contribution in [0.1, 0.15) is 28.4 Å². The Bertz CT molecular complexity index is 654. The number of carbonyl (C=O) groups excluding carboxylic acids is 1. The highest BCUT2D eigenvalue weighted by atomic mass is 16.5. The van der Waals surface area contributed by atoms with E-state index in [2.05, 4.69) is 5.32 Å². The first kappa shape index (κ1) is 16.8. The highest BCUT2D eigenvalue weighted by molar-refractivity contribution is 5.94. The largest absolute Gasteiger partial charge is 0.493 e. The number of methoxy groups -OCH3 is 1. The number of benzene rings is 2. The first-order valence-electron chi connectivity index (χ1n) is 7.54. The smallest absolute Gasteiger partial charge is 0.251 e. The normalized spacial score (nSPS) is 10.2. The Labute approximate surface area is 136 Å². The monoisotopic (exact) mass is 314 g/mol. The Morgan fingerprint density at radius 2 is 1.78 bits per heavy atom. The lowest BCUT2D eigenvalue weighted by Gasteiger charge is -2.11. The fraction of sp³-hybridized carbons (Fsp3) is 0.278. The Morgan fingerprint density at radius 3 is 2.39 bits per heavy atom. The SMILES string of the molecule is CCOc1ccc(CNC(=O)c2ccc(CN)cc2)cc1OC. The van der Waals surface area contributed by atoms with Gasteiger partial charge in [0.1, 0.15) is 0 Å². The number of amides is 1. The van der Waals surface area contributed by atoms with Crippen molar-refractivity contribution in [2.75, 3.05) is 13.7 Å². The van der Waals surface area contributed by atoms with Crippen LogP contribution in [-0.4, -0.2) is 19.6 Å². The van der Waals surface area contributed by atoms with Gasteiger partial charge in [0.25, 0.3) is 5.91 Å². The maximum Gasteiger partial charge on any atom is 0.251 e. The molecule has 1 amide bonds. The zero-order valence-electron chi connectivity index (χ0n) is 13.5. The third kappa shape index (κ3) is 4.47. The second kappa shape index (κ2) is 8.19. The average molecular weight is 314 g/mol. The van der Waals surface area contributed by atoms with Gasteiger partial charge in [-0.05, 0) is 42.3 Å². The molecule has 0 aromatic heterocycles. The fourth-order valence-corrected chi connectivity index (χ4v) is 2.17. The third-order valence-electron chi connectivity index (χ3n) is 3.43. The van der Waals surface area contributed by atoms with Gasteiger partial charge in [0, 0.05) is 18.7 Å². The molecule has 0 aliphatic carbocycles. The van der Waals surface area contributed by atoms with Gasteiger partial charge in [0.05, 0.1) is 13.7 Å². The summed E-state index contributed by atoms with van der Waals surface area (Å²) in [5, 5.41) is 2.89. The van der Waals surface area contributed by atoms with Crippen LogP contribution in [0.5, 0.6) is 11.5 Å². The van der Waals surface area contributed by atoms with Gasteiger partial charge in [-0.25, -0.2) is 0 Å². The number of rotatable bonds is 7. The highest BCUT2D eigenvalue weighted by Crippen LogP contribution is 2.27. The van der Waals surface area contributed by atoms with Crippen molar-refractivity contribution in [3.63, 3.8) is 0 Å². The van der Waals surface area contributed by atoms with Gasteiger partial charge in [-0.3, -0.25) is 4.79 Å². The minimum atomic E-state index is -0.124. The summed E-state index contributed by atoms with van der Waals surface area (Å²) in [6.45, 7) is 3.38. The molecular formula is C18H22N2O3. The third-order valence-corrected chi connectivity index (χ3v) is 3.43. The van der Waals surface area contributed by atoms with E-state index in [9.17, 15) is 4.79 Å². The molecule has 2 aromatic carbocycles. The van der Waals surface area contributed by atoms with Crippen LogP contribution in [0.3, 0.4) is 0 Å². The first-order chi connectivity index (χ1) is 11.2. The molecule has 0 fully saturated rings. The predicted molar refractivity (Wildman–Crippen MR) is 89.7 cm³/mol. The van der Waals surface area contributed by atoms with Gasteiger partial charge in [0.15, 0.2) is 11.5 Å². The van der Waals surface area contributed by atoms with Crippen molar-refractivity contribution in [3.8, 4) is 11.5 Å².